The van der Waals surface area contributed by atoms with Crippen LogP contribution in [-0.2, 0) is 65.4 Å². The van der Waals surface area contributed by atoms with Gasteiger partial charge in [-0.3, -0.25) is 37.3 Å². The van der Waals surface area contributed by atoms with Crippen LogP contribution in [0.2, 0.25) is 0 Å². The highest BCUT2D eigenvalue weighted by molar-refractivity contribution is 7.47. The summed E-state index contributed by atoms with van der Waals surface area (Å²) in [5, 5.41) is 10.5. The Morgan fingerprint density at radius 3 is 0.894 bits per heavy atom. The van der Waals surface area contributed by atoms with Crippen molar-refractivity contribution >= 4 is 39.5 Å². The fraction of sp³-hybridized carbons (Fsp3) is 0.939. The van der Waals surface area contributed by atoms with E-state index in [2.05, 4.69) is 48.5 Å². The van der Waals surface area contributed by atoms with Gasteiger partial charge in [0.2, 0.25) is 0 Å². The van der Waals surface area contributed by atoms with Crippen molar-refractivity contribution < 1.29 is 80.2 Å². The first-order valence-corrected chi connectivity index (χ1v) is 37.4. The van der Waals surface area contributed by atoms with Gasteiger partial charge in [-0.2, -0.15) is 0 Å². The number of unbranched alkanes of at least 4 members (excludes halogenated alkanes) is 30. The minimum atomic E-state index is -4.95. The summed E-state index contributed by atoms with van der Waals surface area (Å²) in [6, 6.07) is 0. The van der Waals surface area contributed by atoms with Crippen molar-refractivity contribution in [1.82, 2.24) is 0 Å². The molecule has 504 valence electrons. The Balaban J connectivity index is 5.23. The second kappa shape index (κ2) is 57.2. The zero-order valence-electron chi connectivity index (χ0n) is 55.1. The third-order valence-corrected chi connectivity index (χ3v) is 17.8. The van der Waals surface area contributed by atoms with Crippen LogP contribution in [0.3, 0.4) is 0 Å². The first-order chi connectivity index (χ1) is 40.8. The quantitative estimate of drug-likeness (QED) is 0.0222. The molecule has 0 fully saturated rings. The van der Waals surface area contributed by atoms with Crippen LogP contribution < -0.4 is 0 Å². The van der Waals surface area contributed by atoms with E-state index in [0.717, 1.165) is 120 Å². The molecule has 4 unspecified atom stereocenters. The van der Waals surface area contributed by atoms with Gasteiger partial charge in [-0.15, -0.1) is 0 Å². The molecule has 19 heteroatoms. The largest absolute Gasteiger partial charge is 0.472 e. The standard InChI is InChI=1S/C66H128O17P2/c1-8-11-12-13-23-33-40-47-63(68)76-53-62(83-66(71)50-43-36-29-28-32-39-46-59(7)10-3)56-81-85(74,75)79-52-60(67)51-78-84(72,73)80-55-61(82-65(70)49-42-35-27-22-16-14-15-19-24-30-37-44-57(4)5)54-77-64(69)48-41-34-26-21-18-17-20-25-31-38-45-58(6)9-2/h57-62,67H,8-56H2,1-7H3,(H,72,73)(H,74,75)/t58?,59?,60-,61-,62-/m1/s1. The summed E-state index contributed by atoms with van der Waals surface area (Å²) >= 11 is 0. The SMILES string of the molecule is CCCCCCCCCC(=O)OC[C@H](COP(=O)(O)OC[C@H](O)COP(=O)(O)OC[C@@H](COC(=O)CCCCCCCCCCCCC(C)CC)OC(=O)CCCCCCCCCCCCCC(C)C)OC(=O)CCCCCCCCC(C)CC. The van der Waals surface area contributed by atoms with Gasteiger partial charge in [-0.25, -0.2) is 9.13 Å². The van der Waals surface area contributed by atoms with Crippen molar-refractivity contribution in [3.8, 4) is 0 Å². The number of carbonyl (C=O) groups excluding carboxylic acids is 4. The Labute approximate surface area is 517 Å². The minimum absolute atomic E-state index is 0.102. The van der Waals surface area contributed by atoms with Crippen LogP contribution in [0.4, 0.5) is 0 Å². The predicted octanol–water partition coefficient (Wildman–Crippen LogP) is 18.3. The lowest BCUT2D eigenvalue weighted by molar-refractivity contribution is -0.161. The van der Waals surface area contributed by atoms with Crippen LogP contribution >= 0.6 is 15.6 Å². The van der Waals surface area contributed by atoms with Gasteiger partial charge in [-0.05, 0) is 43.4 Å². The molecule has 0 rings (SSSR count). The average molecular weight is 1260 g/mol. The van der Waals surface area contributed by atoms with Crippen molar-refractivity contribution in [1.29, 1.82) is 0 Å². The summed E-state index contributed by atoms with van der Waals surface area (Å²) in [6.45, 7) is 11.8. The number of phosphoric ester groups is 2. The number of rotatable bonds is 64. The van der Waals surface area contributed by atoms with Gasteiger partial charge in [0.15, 0.2) is 12.2 Å². The predicted molar refractivity (Wildman–Crippen MR) is 340 cm³/mol. The molecule has 0 heterocycles. The molecule has 0 aliphatic rings. The molecule has 0 bridgehead atoms. The first-order valence-electron chi connectivity index (χ1n) is 34.4. The smallest absolute Gasteiger partial charge is 0.462 e. The Morgan fingerprint density at radius 1 is 0.341 bits per heavy atom. The van der Waals surface area contributed by atoms with Crippen LogP contribution in [0.1, 0.15) is 325 Å². The first kappa shape index (κ1) is 83.1. The Kier molecular flexibility index (Phi) is 55.9. The van der Waals surface area contributed by atoms with Crippen LogP contribution in [0.15, 0.2) is 0 Å². The van der Waals surface area contributed by atoms with Gasteiger partial charge in [0.25, 0.3) is 0 Å². The summed E-state index contributed by atoms with van der Waals surface area (Å²) < 4.78 is 68.0. The van der Waals surface area contributed by atoms with Gasteiger partial charge >= 0.3 is 39.5 Å². The van der Waals surface area contributed by atoms with E-state index in [9.17, 15) is 43.2 Å². The number of hydrogen-bond donors (Lipinski definition) is 3. The Hall–Kier alpha value is -1.94. The van der Waals surface area contributed by atoms with Crippen molar-refractivity contribution in [2.45, 2.75) is 343 Å². The molecule has 85 heavy (non-hydrogen) atoms. The second-order valence-corrected chi connectivity index (χ2v) is 27.7. The second-order valence-electron chi connectivity index (χ2n) is 24.8. The molecular weight excluding hydrogens is 1130 g/mol. The molecule has 0 spiro atoms. The number of ether oxygens (including phenoxy) is 4. The van der Waals surface area contributed by atoms with Crippen molar-refractivity contribution in [2.24, 2.45) is 17.8 Å². The van der Waals surface area contributed by atoms with E-state index in [1.54, 1.807) is 0 Å². The molecule has 0 saturated carbocycles. The molecule has 3 N–H and O–H groups in total. The fourth-order valence-corrected chi connectivity index (χ4v) is 11.3. The highest BCUT2D eigenvalue weighted by atomic mass is 31.2. The van der Waals surface area contributed by atoms with Crippen molar-refractivity contribution in [3.05, 3.63) is 0 Å². The number of hydrogen-bond acceptors (Lipinski definition) is 15. The molecule has 7 atom stereocenters. The topological polar surface area (TPSA) is 237 Å². The van der Waals surface area contributed by atoms with Gasteiger partial charge < -0.3 is 33.8 Å². The number of aliphatic hydroxyl groups excluding tert-OH is 1. The van der Waals surface area contributed by atoms with Gasteiger partial charge in [0.05, 0.1) is 26.4 Å². The van der Waals surface area contributed by atoms with E-state index < -0.39 is 97.5 Å². The molecule has 0 aromatic carbocycles. The molecule has 0 aromatic heterocycles. The zero-order valence-corrected chi connectivity index (χ0v) is 56.9. The van der Waals surface area contributed by atoms with Crippen LogP contribution in [0.5, 0.6) is 0 Å². The summed E-state index contributed by atoms with van der Waals surface area (Å²) in [5.74, 6) is 0.157. The molecule has 17 nitrogen and oxygen atoms in total. The molecular formula is C66H128O17P2. The maximum Gasteiger partial charge on any atom is 0.472 e. The van der Waals surface area contributed by atoms with Crippen molar-refractivity contribution in [3.63, 3.8) is 0 Å². The molecule has 0 radical (unpaired) electrons. The third kappa shape index (κ3) is 58.2. The van der Waals surface area contributed by atoms with E-state index in [-0.39, 0.29) is 25.7 Å². The van der Waals surface area contributed by atoms with Gasteiger partial charge in [-0.1, -0.05) is 273 Å². The lowest BCUT2D eigenvalue weighted by Crippen LogP contribution is -2.30. The number of esters is 4. The maximum absolute atomic E-state index is 13.0. The zero-order chi connectivity index (χ0) is 63.1. The average Bonchev–Trinajstić information content (AvgIpc) is 3.56. The molecule has 0 aliphatic heterocycles. The van der Waals surface area contributed by atoms with Crippen LogP contribution in [0.25, 0.3) is 0 Å². The Morgan fingerprint density at radius 2 is 0.600 bits per heavy atom. The van der Waals surface area contributed by atoms with Gasteiger partial charge in [0, 0.05) is 25.7 Å². The summed E-state index contributed by atoms with van der Waals surface area (Å²) in [7, 11) is -9.89. The van der Waals surface area contributed by atoms with E-state index in [1.165, 1.54) is 122 Å². The fourth-order valence-electron chi connectivity index (χ4n) is 9.77. The van der Waals surface area contributed by atoms with Crippen LogP contribution in [-0.4, -0.2) is 96.7 Å². The molecule has 0 aromatic rings. The summed E-state index contributed by atoms with van der Waals surface area (Å²) in [5.41, 5.74) is 0. The van der Waals surface area contributed by atoms with E-state index in [4.69, 9.17) is 37.0 Å². The maximum atomic E-state index is 13.0. The van der Waals surface area contributed by atoms with Crippen molar-refractivity contribution in [2.75, 3.05) is 39.6 Å². The monoisotopic (exact) mass is 1250 g/mol. The van der Waals surface area contributed by atoms with Crippen LogP contribution in [0, 0.1) is 17.8 Å². The Bertz CT molecular complexity index is 1690. The molecule has 0 saturated heterocycles. The highest BCUT2D eigenvalue weighted by Gasteiger charge is 2.30. The number of carbonyl (C=O) groups is 4. The van der Waals surface area contributed by atoms with E-state index in [0.29, 0.717) is 25.7 Å². The minimum Gasteiger partial charge on any atom is -0.462 e. The lowest BCUT2D eigenvalue weighted by atomic mass is 9.99. The lowest BCUT2D eigenvalue weighted by Gasteiger charge is -2.21. The normalized spacial score (nSPS) is 15.0. The van der Waals surface area contributed by atoms with E-state index in [1.807, 2.05) is 0 Å². The van der Waals surface area contributed by atoms with Gasteiger partial charge in [0.1, 0.15) is 19.3 Å². The summed E-state index contributed by atoms with van der Waals surface area (Å²) in [6.07, 6.45) is 39.0. The molecule has 0 amide bonds. The number of phosphoric acid groups is 2. The highest BCUT2D eigenvalue weighted by Crippen LogP contribution is 2.45. The summed E-state index contributed by atoms with van der Waals surface area (Å²) in [4.78, 5) is 72.2. The molecule has 0 aliphatic carbocycles. The van der Waals surface area contributed by atoms with E-state index >= 15 is 0 Å². The third-order valence-electron chi connectivity index (χ3n) is 15.9. The number of aliphatic hydroxyl groups is 1.